The van der Waals surface area contributed by atoms with Crippen LogP contribution in [0.5, 0.6) is 23.0 Å². The van der Waals surface area contributed by atoms with Crippen LogP contribution >= 0.6 is 0 Å². The highest BCUT2D eigenvalue weighted by Crippen LogP contribution is 2.47. The summed E-state index contributed by atoms with van der Waals surface area (Å²) in [5.74, 6) is 2.75. The smallest absolute Gasteiger partial charge is 0.161 e. The van der Waals surface area contributed by atoms with Crippen LogP contribution in [0.1, 0.15) is 28.3 Å². The lowest BCUT2D eigenvalue weighted by atomic mass is 9.83. The van der Waals surface area contributed by atoms with Crippen molar-refractivity contribution in [3.05, 3.63) is 51.7 Å². The third-order valence-electron chi connectivity index (χ3n) is 5.89. The number of ether oxygens (including phenoxy) is 4. The number of hydrogen-bond donors (Lipinski definition) is 0. The maximum absolute atomic E-state index is 13.7. The van der Waals surface area contributed by atoms with Gasteiger partial charge in [-0.3, -0.25) is 0 Å². The van der Waals surface area contributed by atoms with E-state index in [2.05, 4.69) is 0 Å². The molecule has 0 aromatic heterocycles. The molecule has 0 bridgehead atoms. The summed E-state index contributed by atoms with van der Waals surface area (Å²) in [4.78, 5) is 0. The van der Waals surface area contributed by atoms with Gasteiger partial charge in [0.25, 0.3) is 0 Å². The van der Waals surface area contributed by atoms with Crippen molar-refractivity contribution >= 4 is 0 Å². The van der Waals surface area contributed by atoms with E-state index in [9.17, 15) is 5.21 Å². The van der Waals surface area contributed by atoms with Crippen LogP contribution in [0.15, 0.2) is 24.3 Å². The molecule has 0 N–H and O–H groups in total. The van der Waals surface area contributed by atoms with E-state index in [1.165, 1.54) is 5.56 Å². The number of hydrogen-bond acceptors (Lipinski definition) is 5. The van der Waals surface area contributed by atoms with Gasteiger partial charge >= 0.3 is 0 Å². The summed E-state index contributed by atoms with van der Waals surface area (Å²) >= 11 is 0. The zero-order valence-electron chi connectivity index (χ0n) is 16.2. The first-order valence-corrected chi connectivity index (χ1v) is 9.09. The molecule has 0 aliphatic carbocycles. The summed E-state index contributed by atoms with van der Waals surface area (Å²) in [6.45, 7) is 0.995. The predicted molar refractivity (Wildman–Crippen MR) is 101 cm³/mol. The van der Waals surface area contributed by atoms with Gasteiger partial charge in [0, 0.05) is 24.0 Å². The molecule has 0 spiro atoms. The Hall–Kier alpha value is -2.44. The molecule has 6 heteroatoms. The average molecular weight is 371 g/mol. The monoisotopic (exact) mass is 371 g/mol. The van der Waals surface area contributed by atoms with Crippen LogP contribution in [-0.2, 0) is 19.4 Å². The largest absolute Gasteiger partial charge is 0.632 e. The minimum Gasteiger partial charge on any atom is -0.632 e. The number of fused-ring (bicyclic) bond motifs is 4. The molecule has 0 amide bonds. The molecular weight excluding hydrogens is 346 g/mol. The Labute approximate surface area is 159 Å². The Morgan fingerprint density at radius 2 is 1.30 bits per heavy atom. The molecule has 144 valence electrons. The highest BCUT2D eigenvalue weighted by atomic mass is 16.5. The third kappa shape index (κ3) is 2.80. The summed E-state index contributed by atoms with van der Waals surface area (Å²) < 4.78 is 21.5. The number of benzene rings is 2. The van der Waals surface area contributed by atoms with Gasteiger partial charge in [0.2, 0.25) is 0 Å². The Kier molecular flexibility index (Phi) is 4.40. The number of nitrogens with zero attached hydrogens (tertiary/aromatic N) is 1. The maximum Gasteiger partial charge on any atom is 0.161 e. The van der Waals surface area contributed by atoms with Crippen LogP contribution < -0.4 is 18.9 Å². The summed E-state index contributed by atoms with van der Waals surface area (Å²) in [6.07, 6.45) is 1.40. The highest BCUT2D eigenvalue weighted by Gasteiger charge is 2.41. The Morgan fingerprint density at radius 1 is 0.778 bits per heavy atom. The van der Waals surface area contributed by atoms with Crippen molar-refractivity contribution in [2.75, 3.05) is 35.0 Å². The van der Waals surface area contributed by atoms with Gasteiger partial charge < -0.3 is 28.8 Å². The summed E-state index contributed by atoms with van der Waals surface area (Å²) in [5.41, 5.74) is 4.42. The van der Waals surface area contributed by atoms with E-state index in [1.54, 1.807) is 28.4 Å². The number of hydroxylamine groups is 3. The van der Waals surface area contributed by atoms with Crippen LogP contribution in [0.2, 0.25) is 0 Å². The van der Waals surface area contributed by atoms with E-state index in [-0.39, 0.29) is 10.7 Å². The molecule has 2 heterocycles. The first-order valence-electron chi connectivity index (χ1n) is 9.09. The molecule has 4 rings (SSSR count). The number of rotatable bonds is 4. The lowest BCUT2D eigenvalue weighted by Crippen LogP contribution is -2.52. The molecule has 2 aliphatic heterocycles. The molecule has 0 radical (unpaired) electrons. The van der Waals surface area contributed by atoms with Gasteiger partial charge in [0.05, 0.1) is 35.0 Å². The molecule has 1 unspecified atom stereocenters. The lowest BCUT2D eigenvalue weighted by molar-refractivity contribution is -0.928. The standard InChI is InChI=1S/C21H25NO5/c1-24-18-8-13-5-6-22(23)12-15-10-20(26-3)19(25-2)9-14(15)7-17(22)16(13)11-21(18)27-4/h8-11,17H,5-7,12H2,1-4H3/t17-,22?/m0/s1. The van der Waals surface area contributed by atoms with Gasteiger partial charge in [-0.15, -0.1) is 0 Å². The van der Waals surface area contributed by atoms with Gasteiger partial charge in [-0.2, -0.15) is 0 Å². The zero-order chi connectivity index (χ0) is 19.2. The molecule has 6 nitrogen and oxygen atoms in total. The van der Waals surface area contributed by atoms with Gasteiger partial charge in [0.1, 0.15) is 12.6 Å². The van der Waals surface area contributed by atoms with Crippen molar-refractivity contribution in [1.29, 1.82) is 0 Å². The third-order valence-corrected chi connectivity index (χ3v) is 5.89. The Bertz CT molecular complexity index is 881. The van der Waals surface area contributed by atoms with Crippen molar-refractivity contribution in [1.82, 2.24) is 0 Å². The van der Waals surface area contributed by atoms with Crippen molar-refractivity contribution in [2.24, 2.45) is 0 Å². The van der Waals surface area contributed by atoms with E-state index in [0.717, 1.165) is 23.1 Å². The fraction of sp³-hybridized carbons (Fsp3) is 0.429. The lowest BCUT2D eigenvalue weighted by Gasteiger charge is -2.54. The van der Waals surface area contributed by atoms with E-state index in [0.29, 0.717) is 42.5 Å². The van der Waals surface area contributed by atoms with Crippen LogP contribution in [-0.4, -0.2) is 39.6 Å². The average Bonchev–Trinajstić information content (AvgIpc) is 2.69. The van der Waals surface area contributed by atoms with Crippen LogP contribution in [0, 0.1) is 5.21 Å². The van der Waals surface area contributed by atoms with Crippen LogP contribution in [0.25, 0.3) is 0 Å². The quantitative estimate of drug-likeness (QED) is 0.609. The minimum atomic E-state index is -0.245. The topological polar surface area (TPSA) is 60.0 Å². The van der Waals surface area contributed by atoms with E-state index in [1.807, 2.05) is 24.3 Å². The van der Waals surface area contributed by atoms with Crippen molar-refractivity contribution < 1.29 is 23.6 Å². The van der Waals surface area contributed by atoms with Crippen LogP contribution in [0.3, 0.4) is 0 Å². The van der Waals surface area contributed by atoms with Gasteiger partial charge in [-0.05, 0) is 35.4 Å². The second-order valence-electron chi connectivity index (χ2n) is 7.19. The summed E-state index contributed by atoms with van der Waals surface area (Å²) in [5, 5.41) is 13.7. The molecule has 2 aromatic rings. The SMILES string of the molecule is COc1cc2c(cc1OC)C[N+]1([O-])CCc3cc(OC)c(OC)cc3[C@@H]1C2. The van der Waals surface area contributed by atoms with E-state index < -0.39 is 0 Å². The van der Waals surface area contributed by atoms with E-state index in [4.69, 9.17) is 18.9 Å². The molecule has 2 aliphatic rings. The molecule has 2 atom stereocenters. The van der Waals surface area contributed by atoms with Gasteiger partial charge in [-0.25, -0.2) is 0 Å². The van der Waals surface area contributed by atoms with Crippen molar-refractivity contribution in [3.8, 4) is 23.0 Å². The highest BCUT2D eigenvalue weighted by molar-refractivity contribution is 5.52. The Morgan fingerprint density at radius 3 is 1.89 bits per heavy atom. The first-order chi connectivity index (χ1) is 13.0. The molecule has 2 aromatic carbocycles. The first kappa shape index (κ1) is 17.9. The fourth-order valence-electron chi connectivity index (χ4n) is 4.45. The summed E-state index contributed by atoms with van der Waals surface area (Å²) in [6, 6.07) is 7.80. The molecule has 0 saturated carbocycles. The normalized spacial score (nSPS) is 22.9. The van der Waals surface area contributed by atoms with Gasteiger partial charge in [-0.1, -0.05) is 0 Å². The maximum atomic E-state index is 13.7. The van der Waals surface area contributed by atoms with Crippen molar-refractivity contribution in [3.63, 3.8) is 0 Å². The molecule has 27 heavy (non-hydrogen) atoms. The van der Waals surface area contributed by atoms with Gasteiger partial charge in [0.15, 0.2) is 23.0 Å². The van der Waals surface area contributed by atoms with E-state index >= 15 is 0 Å². The second-order valence-corrected chi connectivity index (χ2v) is 7.19. The van der Waals surface area contributed by atoms with Crippen molar-refractivity contribution in [2.45, 2.75) is 25.4 Å². The number of quaternary nitrogens is 1. The zero-order valence-corrected chi connectivity index (χ0v) is 16.2. The second kappa shape index (κ2) is 6.62. The molecule has 0 fully saturated rings. The van der Waals surface area contributed by atoms with Crippen LogP contribution in [0.4, 0.5) is 0 Å². The fourth-order valence-corrected chi connectivity index (χ4v) is 4.45. The minimum absolute atomic E-state index is 0.154. The molecule has 0 saturated heterocycles. The summed E-state index contributed by atoms with van der Waals surface area (Å²) in [7, 11) is 6.51. The number of methoxy groups -OCH3 is 4. The Balaban J connectivity index is 1.80. The predicted octanol–water partition coefficient (Wildman–Crippen LogP) is 3.39. The molecular formula is C21H25NO5.